The molecule has 1 amide bonds. The highest BCUT2D eigenvalue weighted by molar-refractivity contribution is 6.30. The van der Waals surface area contributed by atoms with Crippen molar-refractivity contribution in [2.45, 2.75) is 32.7 Å². The van der Waals surface area contributed by atoms with Crippen LogP contribution in [0.25, 0.3) is 0 Å². The number of hydrogen-bond donors (Lipinski definition) is 1. The average Bonchev–Trinajstić information content (AvgIpc) is 3.00. The zero-order valence-electron chi connectivity index (χ0n) is 13.3. The molecule has 1 saturated heterocycles. The number of amides is 1. The zero-order chi connectivity index (χ0) is 15.9. The van der Waals surface area contributed by atoms with Gasteiger partial charge in [0.2, 0.25) is 0 Å². The van der Waals surface area contributed by atoms with Crippen molar-refractivity contribution in [2.75, 3.05) is 26.2 Å². The molecule has 1 unspecified atom stereocenters. The van der Waals surface area contributed by atoms with Gasteiger partial charge in [0.1, 0.15) is 5.75 Å². The Hall–Kier alpha value is -1.26. The average molecular weight is 325 g/mol. The van der Waals surface area contributed by atoms with E-state index in [9.17, 15) is 4.79 Å². The number of carbonyl (C=O) groups is 1. The number of carbonyl (C=O) groups excluding carboxylic acids is 1. The molecule has 1 aromatic rings. The number of nitrogens with zero attached hydrogens (tertiary/aromatic N) is 1. The summed E-state index contributed by atoms with van der Waals surface area (Å²) in [5.74, 6) is 1.09. The minimum atomic E-state index is -0.0835. The highest BCUT2D eigenvalue weighted by atomic mass is 35.5. The first-order valence-electron chi connectivity index (χ1n) is 7.95. The van der Waals surface area contributed by atoms with Crippen molar-refractivity contribution in [3.8, 4) is 5.75 Å². The van der Waals surface area contributed by atoms with Gasteiger partial charge in [-0.1, -0.05) is 25.4 Å². The molecule has 1 aromatic carbocycles. The Morgan fingerprint density at radius 2 is 1.91 bits per heavy atom. The number of hydrogen-bond acceptors (Lipinski definition) is 3. The Bertz CT molecular complexity index is 470. The molecular formula is C17H25ClN2O2. The monoisotopic (exact) mass is 324 g/mol. The van der Waals surface area contributed by atoms with Crippen molar-refractivity contribution in [2.24, 2.45) is 5.92 Å². The molecule has 22 heavy (non-hydrogen) atoms. The minimum absolute atomic E-state index is 0.0342. The van der Waals surface area contributed by atoms with Crippen LogP contribution in [0, 0.1) is 5.92 Å². The van der Waals surface area contributed by atoms with E-state index < -0.39 is 0 Å². The predicted molar refractivity (Wildman–Crippen MR) is 89.4 cm³/mol. The molecule has 122 valence electrons. The molecule has 1 fully saturated rings. The van der Waals surface area contributed by atoms with Crippen molar-refractivity contribution in [1.29, 1.82) is 0 Å². The topological polar surface area (TPSA) is 41.6 Å². The number of rotatable bonds is 7. The summed E-state index contributed by atoms with van der Waals surface area (Å²) in [6.45, 7) is 7.41. The van der Waals surface area contributed by atoms with Crippen LogP contribution in [-0.2, 0) is 4.79 Å². The Morgan fingerprint density at radius 1 is 1.27 bits per heavy atom. The summed E-state index contributed by atoms with van der Waals surface area (Å²) in [6.07, 6.45) is 2.52. The summed E-state index contributed by atoms with van der Waals surface area (Å²) < 4.78 is 5.46. The first kappa shape index (κ1) is 17.1. The summed E-state index contributed by atoms with van der Waals surface area (Å²) in [6, 6.07) is 7.42. The highest BCUT2D eigenvalue weighted by Gasteiger charge is 2.24. The van der Waals surface area contributed by atoms with E-state index in [1.165, 1.54) is 12.8 Å². The van der Waals surface area contributed by atoms with E-state index in [2.05, 4.69) is 24.1 Å². The van der Waals surface area contributed by atoms with Gasteiger partial charge < -0.3 is 10.1 Å². The lowest BCUT2D eigenvalue weighted by Crippen LogP contribution is -2.46. The highest BCUT2D eigenvalue weighted by Crippen LogP contribution is 2.17. The quantitative estimate of drug-likeness (QED) is 0.838. The zero-order valence-corrected chi connectivity index (χ0v) is 14.1. The van der Waals surface area contributed by atoms with Gasteiger partial charge >= 0.3 is 0 Å². The fourth-order valence-corrected chi connectivity index (χ4v) is 2.93. The lowest BCUT2D eigenvalue weighted by Gasteiger charge is -2.30. The van der Waals surface area contributed by atoms with Crippen LogP contribution in [0.2, 0.25) is 5.02 Å². The normalized spacial score (nSPS) is 16.7. The molecule has 1 N–H and O–H groups in total. The van der Waals surface area contributed by atoms with Crippen LogP contribution in [0.15, 0.2) is 24.3 Å². The molecule has 0 aliphatic carbocycles. The van der Waals surface area contributed by atoms with Gasteiger partial charge in [0.25, 0.3) is 5.91 Å². The van der Waals surface area contributed by atoms with Gasteiger partial charge in [0.15, 0.2) is 6.61 Å². The standard InChI is InChI=1S/C17H25ClN2O2/c1-13(2)16(20-9-3-4-10-20)11-19-17(21)12-22-15-7-5-14(18)6-8-15/h5-8,13,16H,3-4,9-12H2,1-2H3,(H,19,21). The molecule has 1 aliphatic heterocycles. The van der Waals surface area contributed by atoms with Crippen LogP contribution in [-0.4, -0.2) is 43.1 Å². The van der Waals surface area contributed by atoms with Crippen LogP contribution in [0.1, 0.15) is 26.7 Å². The SMILES string of the molecule is CC(C)C(CNC(=O)COc1ccc(Cl)cc1)N1CCCC1. The Kier molecular flexibility index (Phi) is 6.52. The summed E-state index contributed by atoms with van der Waals surface area (Å²) >= 11 is 5.81. The van der Waals surface area contributed by atoms with Crippen molar-refractivity contribution < 1.29 is 9.53 Å². The molecule has 1 heterocycles. The van der Waals surface area contributed by atoms with Crippen molar-refractivity contribution >= 4 is 17.5 Å². The molecule has 5 heteroatoms. The van der Waals surface area contributed by atoms with Crippen LogP contribution < -0.4 is 10.1 Å². The van der Waals surface area contributed by atoms with Gasteiger partial charge in [0, 0.05) is 17.6 Å². The second-order valence-corrected chi connectivity index (χ2v) is 6.54. The summed E-state index contributed by atoms with van der Waals surface area (Å²) in [4.78, 5) is 14.4. The molecule has 0 bridgehead atoms. The number of ether oxygens (including phenoxy) is 1. The van der Waals surface area contributed by atoms with Crippen molar-refractivity contribution in [1.82, 2.24) is 10.2 Å². The first-order valence-corrected chi connectivity index (χ1v) is 8.33. The lowest BCUT2D eigenvalue weighted by molar-refractivity contribution is -0.123. The molecule has 0 saturated carbocycles. The van der Waals surface area contributed by atoms with Crippen LogP contribution in [0.5, 0.6) is 5.75 Å². The van der Waals surface area contributed by atoms with Gasteiger partial charge in [0.05, 0.1) is 0 Å². The minimum Gasteiger partial charge on any atom is -0.484 e. The van der Waals surface area contributed by atoms with E-state index in [4.69, 9.17) is 16.3 Å². The van der Waals surface area contributed by atoms with E-state index in [-0.39, 0.29) is 12.5 Å². The Morgan fingerprint density at radius 3 is 2.50 bits per heavy atom. The summed E-state index contributed by atoms with van der Waals surface area (Å²) in [5.41, 5.74) is 0. The molecule has 0 radical (unpaired) electrons. The first-order chi connectivity index (χ1) is 10.6. The Labute approximate surface area is 137 Å². The molecular weight excluding hydrogens is 300 g/mol. The van der Waals surface area contributed by atoms with E-state index >= 15 is 0 Å². The summed E-state index contributed by atoms with van der Waals surface area (Å²) in [5, 5.41) is 3.65. The third-order valence-corrected chi connectivity index (χ3v) is 4.32. The Balaban J connectivity index is 1.74. The third kappa shape index (κ3) is 5.18. The molecule has 4 nitrogen and oxygen atoms in total. The maximum atomic E-state index is 11.9. The van der Waals surface area contributed by atoms with Gasteiger partial charge in [-0.15, -0.1) is 0 Å². The molecule has 0 spiro atoms. The fourth-order valence-electron chi connectivity index (χ4n) is 2.81. The smallest absolute Gasteiger partial charge is 0.257 e. The molecule has 0 aromatic heterocycles. The van der Waals surface area contributed by atoms with E-state index in [0.717, 1.165) is 13.1 Å². The maximum absolute atomic E-state index is 11.9. The third-order valence-electron chi connectivity index (χ3n) is 4.07. The second-order valence-electron chi connectivity index (χ2n) is 6.10. The van der Waals surface area contributed by atoms with Gasteiger partial charge in [-0.05, 0) is 56.1 Å². The predicted octanol–water partition coefficient (Wildman–Crippen LogP) is 2.96. The van der Waals surface area contributed by atoms with Crippen molar-refractivity contribution in [3.05, 3.63) is 29.3 Å². The van der Waals surface area contributed by atoms with Crippen LogP contribution in [0.3, 0.4) is 0 Å². The van der Waals surface area contributed by atoms with Gasteiger partial charge in [-0.2, -0.15) is 0 Å². The summed E-state index contributed by atoms with van der Waals surface area (Å²) in [7, 11) is 0. The largest absolute Gasteiger partial charge is 0.484 e. The second kappa shape index (κ2) is 8.39. The van der Waals surface area contributed by atoms with E-state index in [1.54, 1.807) is 24.3 Å². The molecule has 1 atom stereocenters. The molecule has 2 rings (SSSR count). The maximum Gasteiger partial charge on any atom is 0.257 e. The molecule has 1 aliphatic rings. The van der Waals surface area contributed by atoms with Gasteiger partial charge in [-0.25, -0.2) is 0 Å². The number of halogens is 1. The van der Waals surface area contributed by atoms with Crippen molar-refractivity contribution in [3.63, 3.8) is 0 Å². The van der Waals surface area contributed by atoms with Gasteiger partial charge in [-0.3, -0.25) is 9.69 Å². The number of nitrogens with one attached hydrogen (secondary N) is 1. The lowest BCUT2D eigenvalue weighted by atomic mass is 10.0. The van der Waals surface area contributed by atoms with Crippen LogP contribution >= 0.6 is 11.6 Å². The van der Waals surface area contributed by atoms with E-state index in [1.807, 2.05) is 0 Å². The number of likely N-dealkylation sites (tertiary alicyclic amines) is 1. The van der Waals surface area contributed by atoms with Crippen LogP contribution in [0.4, 0.5) is 0 Å². The fraction of sp³-hybridized carbons (Fsp3) is 0.588. The van der Waals surface area contributed by atoms with E-state index in [0.29, 0.717) is 29.3 Å². The number of benzene rings is 1.